The van der Waals surface area contributed by atoms with Crippen LogP contribution in [0, 0.1) is 0 Å². The molecule has 0 saturated heterocycles. The summed E-state index contributed by atoms with van der Waals surface area (Å²) >= 11 is 0. The van der Waals surface area contributed by atoms with E-state index in [1.807, 2.05) is 41.5 Å². The zero-order chi connectivity index (χ0) is 22.9. The fourth-order valence-corrected chi connectivity index (χ4v) is 10.4. The van der Waals surface area contributed by atoms with Gasteiger partial charge >= 0.3 is 0 Å². The second-order valence-corrected chi connectivity index (χ2v) is 12.1. The lowest BCUT2D eigenvalue weighted by molar-refractivity contribution is -0.376. The van der Waals surface area contributed by atoms with E-state index in [9.17, 15) is 0 Å². The topological polar surface area (TPSA) is 55.4 Å². The van der Waals surface area contributed by atoms with Crippen molar-refractivity contribution in [2.24, 2.45) is 0 Å². The van der Waals surface area contributed by atoms with E-state index in [1.165, 1.54) is 0 Å². The summed E-state index contributed by atoms with van der Waals surface area (Å²) in [5, 5.41) is 0.0666. The molecule has 6 nitrogen and oxygen atoms in total. The highest BCUT2D eigenvalue weighted by molar-refractivity contribution is 9.26. The molecule has 0 bridgehead atoms. The first kappa shape index (κ1) is 31.2. The summed E-state index contributed by atoms with van der Waals surface area (Å²) in [6, 6.07) is 0. The van der Waals surface area contributed by atoms with Crippen LogP contribution in [0.5, 0.6) is 0 Å². The van der Waals surface area contributed by atoms with Crippen molar-refractivity contribution in [2.75, 3.05) is 39.6 Å². The van der Waals surface area contributed by atoms with Crippen LogP contribution in [0.2, 0.25) is 0 Å². The van der Waals surface area contributed by atoms with Crippen molar-refractivity contribution in [3.05, 3.63) is 0 Å². The SMILES string of the molecule is CCOC(OCC)(OCC)C(CC)SSSSC(CC)C(OCC)(OCC)OCC. The monoisotopic (exact) mass is 506 g/mol. The summed E-state index contributed by atoms with van der Waals surface area (Å²) in [6.07, 6.45) is 1.72. The molecular weight excluding hydrogens is 464 g/mol. The maximum atomic E-state index is 5.96. The highest BCUT2D eigenvalue weighted by atomic mass is 33.7. The molecule has 0 rings (SSSR count). The Morgan fingerprint density at radius 2 is 0.700 bits per heavy atom. The Labute approximate surface area is 199 Å². The minimum atomic E-state index is -1.02. The van der Waals surface area contributed by atoms with Gasteiger partial charge in [0.25, 0.3) is 11.9 Å². The molecular formula is C20H42O6S4. The van der Waals surface area contributed by atoms with Crippen molar-refractivity contribution in [2.45, 2.75) is 90.7 Å². The van der Waals surface area contributed by atoms with Crippen LogP contribution in [0.15, 0.2) is 0 Å². The van der Waals surface area contributed by atoms with E-state index in [2.05, 4.69) is 13.8 Å². The van der Waals surface area contributed by atoms with Crippen LogP contribution in [0.1, 0.15) is 68.2 Å². The van der Waals surface area contributed by atoms with Gasteiger partial charge in [0.2, 0.25) is 0 Å². The first-order chi connectivity index (χ1) is 14.5. The molecule has 0 N–H and O–H groups in total. The van der Waals surface area contributed by atoms with Crippen LogP contribution in [0.25, 0.3) is 0 Å². The van der Waals surface area contributed by atoms with Crippen molar-refractivity contribution in [1.29, 1.82) is 0 Å². The minimum Gasteiger partial charge on any atom is -0.327 e. The molecule has 0 amide bonds. The summed E-state index contributed by atoms with van der Waals surface area (Å²) in [7, 11) is 6.81. The van der Waals surface area contributed by atoms with Gasteiger partial charge in [0.15, 0.2) is 0 Å². The van der Waals surface area contributed by atoms with Crippen LogP contribution in [0.3, 0.4) is 0 Å². The number of rotatable bonds is 21. The molecule has 2 atom stereocenters. The normalized spacial score (nSPS) is 14.8. The summed E-state index contributed by atoms with van der Waals surface area (Å²) in [4.78, 5) is 0. The lowest BCUT2D eigenvalue weighted by Gasteiger charge is -2.38. The zero-order valence-corrected chi connectivity index (χ0v) is 23.2. The first-order valence-electron chi connectivity index (χ1n) is 11.0. The highest BCUT2D eigenvalue weighted by Gasteiger charge is 2.44. The van der Waals surface area contributed by atoms with E-state index in [0.29, 0.717) is 39.6 Å². The molecule has 0 aliphatic heterocycles. The molecule has 0 fully saturated rings. The Morgan fingerprint density at radius 3 is 0.867 bits per heavy atom. The van der Waals surface area contributed by atoms with Crippen molar-refractivity contribution in [1.82, 2.24) is 0 Å². The summed E-state index contributed by atoms with van der Waals surface area (Å²) in [5.41, 5.74) is 0. The van der Waals surface area contributed by atoms with Gasteiger partial charge in [-0.2, -0.15) is 0 Å². The largest absolute Gasteiger partial charge is 0.327 e. The van der Waals surface area contributed by atoms with E-state index in [0.717, 1.165) is 12.8 Å². The first-order valence-corrected chi connectivity index (χ1v) is 15.9. The molecule has 0 radical (unpaired) electrons. The average molecular weight is 507 g/mol. The quantitative estimate of drug-likeness (QED) is 0.0949. The molecule has 0 heterocycles. The van der Waals surface area contributed by atoms with Gasteiger partial charge in [0.1, 0.15) is 0 Å². The molecule has 0 aromatic carbocycles. The lowest BCUT2D eigenvalue weighted by atomic mass is 10.3. The molecule has 0 aromatic rings. The molecule has 182 valence electrons. The molecule has 0 aliphatic rings. The summed E-state index contributed by atoms with van der Waals surface area (Å²) < 4.78 is 35.7. The fraction of sp³-hybridized carbons (Fsp3) is 1.00. The standard InChI is InChI=1S/C20H42O6S4/c1-9-17(19(21-11-3,22-12-4)23-13-5)27-29-30-28-18(10-2)20(24-14-6,25-15-7)26-16-8/h17-18H,9-16H2,1-8H3. The van der Waals surface area contributed by atoms with Gasteiger partial charge in [0.05, 0.1) is 10.5 Å². The second kappa shape index (κ2) is 18.6. The van der Waals surface area contributed by atoms with Gasteiger partial charge in [0, 0.05) is 39.6 Å². The molecule has 2 unspecified atom stereocenters. The Kier molecular flexibility index (Phi) is 19.3. The molecule has 10 heteroatoms. The smallest absolute Gasteiger partial charge is 0.296 e. The lowest BCUT2D eigenvalue weighted by Crippen LogP contribution is -2.48. The Balaban J connectivity index is 5.09. The predicted molar refractivity (Wildman–Crippen MR) is 134 cm³/mol. The van der Waals surface area contributed by atoms with Crippen LogP contribution >= 0.6 is 41.2 Å². The maximum absolute atomic E-state index is 5.96. The highest BCUT2D eigenvalue weighted by Crippen LogP contribution is 2.52. The van der Waals surface area contributed by atoms with Gasteiger partial charge in [-0.25, -0.2) is 0 Å². The van der Waals surface area contributed by atoms with Crippen LogP contribution in [-0.4, -0.2) is 62.1 Å². The van der Waals surface area contributed by atoms with E-state index < -0.39 is 11.9 Å². The molecule has 0 saturated carbocycles. The Morgan fingerprint density at radius 1 is 0.467 bits per heavy atom. The third kappa shape index (κ3) is 9.97. The maximum Gasteiger partial charge on any atom is 0.296 e. The second-order valence-electron chi connectivity index (χ2n) is 5.93. The molecule has 0 spiro atoms. The van der Waals surface area contributed by atoms with E-state index in [1.54, 1.807) is 41.2 Å². The number of ether oxygens (including phenoxy) is 6. The average Bonchev–Trinajstić information content (AvgIpc) is 2.71. The minimum absolute atomic E-state index is 0.0333. The Bertz CT molecular complexity index is 335. The van der Waals surface area contributed by atoms with Gasteiger partial charge in [-0.05, 0) is 74.0 Å². The van der Waals surface area contributed by atoms with Gasteiger partial charge in [-0.15, -0.1) is 0 Å². The summed E-state index contributed by atoms with van der Waals surface area (Å²) in [6.45, 7) is 19.2. The van der Waals surface area contributed by atoms with Crippen molar-refractivity contribution in [3.8, 4) is 0 Å². The van der Waals surface area contributed by atoms with E-state index in [4.69, 9.17) is 28.4 Å². The number of hydrogen-bond acceptors (Lipinski definition) is 10. The number of hydrogen-bond donors (Lipinski definition) is 0. The fourth-order valence-electron chi connectivity index (χ4n) is 2.90. The van der Waals surface area contributed by atoms with Crippen molar-refractivity contribution >= 4 is 41.2 Å². The van der Waals surface area contributed by atoms with E-state index >= 15 is 0 Å². The zero-order valence-electron chi connectivity index (χ0n) is 19.9. The van der Waals surface area contributed by atoms with Crippen LogP contribution < -0.4 is 0 Å². The van der Waals surface area contributed by atoms with Crippen LogP contribution in [-0.2, 0) is 28.4 Å². The predicted octanol–water partition coefficient (Wildman–Crippen LogP) is 6.75. The van der Waals surface area contributed by atoms with E-state index in [-0.39, 0.29) is 10.5 Å². The Hall–Kier alpha value is 1.16. The van der Waals surface area contributed by atoms with Crippen molar-refractivity contribution < 1.29 is 28.4 Å². The van der Waals surface area contributed by atoms with Gasteiger partial charge in [-0.1, -0.05) is 35.4 Å². The van der Waals surface area contributed by atoms with Gasteiger partial charge in [-0.3, -0.25) is 0 Å². The molecule has 0 aromatic heterocycles. The third-order valence-corrected chi connectivity index (χ3v) is 11.3. The summed E-state index contributed by atoms with van der Waals surface area (Å²) in [5.74, 6) is -2.04. The third-order valence-electron chi connectivity index (χ3n) is 3.94. The van der Waals surface area contributed by atoms with Crippen molar-refractivity contribution in [3.63, 3.8) is 0 Å². The van der Waals surface area contributed by atoms with Gasteiger partial charge < -0.3 is 28.4 Å². The molecule has 0 aliphatic carbocycles. The van der Waals surface area contributed by atoms with Crippen LogP contribution in [0.4, 0.5) is 0 Å². The molecule has 30 heavy (non-hydrogen) atoms.